The summed E-state index contributed by atoms with van der Waals surface area (Å²) in [6.07, 6.45) is 2.89. The standard InChI is InChI=1S/C13H23NO5/c1-2-17-13(16)19-8-7-18-12(15)11-5-3-10(9-14)4-6-11/h10-11H,2-9,14H2,1H3/t10-,11-. The van der Waals surface area contributed by atoms with E-state index < -0.39 is 6.16 Å². The quantitative estimate of drug-likeness (QED) is 0.582. The summed E-state index contributed by atoms with van der Waals surface area (Å²) in [5, 5.41) is 0. The molecular weight excluding hydrogens is 250 g/mol. The molecule has 110 valence electrons. The zero-order valence-electron chi connectivity index (χ0n) is 11.4. The average Bonchev–Trinajstić information content (AvgIpc) is 2.44. The molecule has 0 amide bonds. The van der Waals surface area contributed by atoms with Crippen LogP contribution in [0.1, 0.15) is 32.6 Å². The first-order chi connectivity index (χ1) is 9.17. The molecule has 2 N–H and O–H groups in total. The fourth-order valence-electron chi connectivity index (χ4n) is 2.18. The fourth-order valence-corrected chi connectivity index (χ4v) is 2.18. The van der Waals surface area contributed by atoms with E-state index in [0.717, 1.165) is 25.7 Å². The Hall–Kier alpha value is -1.30. The summed E-state index contributed by atoms with van der Waals surface area (Å²) < 4.78 is 14.4. The average molecular weight is 273 g/mol. The van der Waals surface area contributed by atoms with Crippen LogP contribution in [0.4, 0.5) is 4.79 Å². The molecule has 19 heavy (non-hydrogen) atoms. The number of hydrogen-bond donors (Lipinski definition) is 1. The minimum absolute atomic E-state index is 0.0305. The summed E-state index contributed by atoms with van der Waals surface area (Å²) in [5.41, 5.74) is 5.60. The summed E-state index contributed by atoms with van der Waals surface area (Å²) in [6, 6.07) is 0. The summed E-state index contributed by atoms with van der Waals surface area (Å²) in [5.74, 6) is 0.296. The molecular formula is C13H23NO5. The van der Waals surface area contributed by atoms with Gasteiger partial charge in [-0.1, -0.05) is 0 Å². The minimum atomic E-state index is -0.734. The van der Waals surface area contributed by atoms with Crippen molar-refractivity contribution in [2.75, 3.05) is 26.4 Å². The number of esters is 1. The molecule has 1 rings (SSSR count). The van der Waals surface area contributed by atoms with E-state index in [1.807, 2.05) is 0 Å². The second kappa shape index (κ2) is 8.74. The zero-order valence-corrected chi connectivity index (χ0v) is 11.4. The van der Waals surface area contributed by atoms with Crippen LogP contribution in [0.2, 0.25) is 0 Å². The number of carbonyl (C=O) groups excluding carboxylic acids is 2. The highest BCUT2D eigenvalue weighted by Crippen LogP contribution is 2.28. The molecule has 0 atom stereocenters. The SMILES string of the molecule is CCOC(=O)OCCOC(=O)[C@H]1CC[C@H](CN)CC1. The summed E-state index contributed by atoms with van der Waals surface area (Å²) in [6.45, 7) is 2.76. The van der Waals surface area contributed by atoms with Crippen LogP contribution < -0.4 is 5.73 Å². The van der Waals surface area contributed by atoms with E-state index in [2.05, 4.69) is 4.74 Å². The second-order valence-corrected chi connectivity index (χ2v) is 4.65. The van der Waals surface area contributed by atoms with Crippen molar-refractivity contribution in [2.45, 2.75) is 32.6 Å². The lowest BCUT2D eigenvalue weighted by atomic mass is 9.82. The van der Waals surface area contributed by atoms with E-state index in [4.69, 9.17) is 15.2 Å². The first kappa shape index (κ1) is 15.8. The fraction of sp³-hybridized carbons (Fsp3) is 0.846. The Balaban J connectivity index is 2.10. The van der Waals surface area contributed by atoms with Crippen LogP contribution in [-0.4, -0.2) is 38.5 Å². The van der Waals surface area contributed by atoms with E-state index in [1.165, 1.54) is 0 Å². The Morgan fingerprint density at radius 3 is 2.26 bits per heavy atom. The van der Waals surface area contributed by atoms with Crippen molar-refractivity contribution < 1.29 is 23.8 Å². The van der Waals surface area contributed by atoms with Crippen LogP contribution in [0.25, 0.3) is 0 Å². The van der Waals surface area contributed by atoms with E-state index in [0.29, 0.717) is 12.5 Å². The van der Waals surface area contributed by atoms with Crippen LogP contribution in [0.15, 0.2) is 0 Å². The molecule has 1 aliphatic carbocycles. The van der Waals surface area contributed by atoms with Gasteiger partial charge in [-0.25, -0.2) is 4.79 Å². The summed E-state index contributed by atoms with van der Waals surface area (Å²) in [4.78, 5) is 22.6. The van der Waals surface area contributed by atoms with Gasteiger partial charge in [-0.3, -0.25) is 4.79 Å². The molecule has 0 saturated heterocycles. The molecule has 1 aliphatic rings. The van der Waals surface area contributed by atoms with Gasteiger partial charge in [-0.15, -0.1) is 0 Å². The molecule has 1 saturated carbocycles. The molecule has 0 aliphatic heterocycles. The first-order valence-electron chi connectivity index (χ1n) is 6.83. The van der Waals surface area contributed by atoms with Gasteiger partial charge < -0.3 is 19.9 Å². The summed E-state index contributed by atoms with van der Waals surface area (Å²) in [7, 11) is 0. The molecule has 0 aromatic rings. The minimum Gasteiger partial charge on any atom is -0.462 e. The lowest BCUT2D eigenvalue weighted by Gasteiger charge is -2.26. The molecule has 0 heterocycles. The second-order valence-electron chi connectivity index (χ2n) is 4.65. The maximum absolute atomic E-state index is 11.7. The zero-order chi connectivity index (χ0) is 14.1. The Kier molecular flexibility index (Phi) is 7.25. The van der Waals surface area contributed by atoms with Crippen molar-refractivity contribution in [1.82, 2.24) is 0 Å². The van der Waals surface area contributed by atoms with Gasteiger partial charge in [-0.05, 0) is 45.1 Å². The van der Waals surface area contributed by atoms with Crippen molar-refractivity contribution in [2.24, 2.45) is 17.6 Å². The van der Waals surface area contributed by atoms with Crippen molar-refractivity contribution in [3.63, 3.8) is 0 Å². The van der Waals surface area contributed by atoms with Gasteiger partial charge in [-0.2, -0.15) is 0 Å². The van der Waals surface area contributed by atoms with Gasteiger partial charge in [0.1, 0.15) is 13.2 Å². The van der Waals surface area contributed by atoms with Crippen LogP contribution in [0.3, 0.4) is 0 Å². The molecule has 0 bridgehead atoms. The molecule has 0 unspecified atom stereocenters. The highest BCUT2D eigenvalue weighted by atomic mass is 16.7. The predicted molar refractivity (Wildman–Crippen MR) is 68.4 cm³/mol. The van der Waals surface area contributed by atoms with Gasteiger partial charge >= 0.3 is 12.1 Å². The highest BCUT2D eigenvalue weighted by molar-refractivity contribution is 5.72. The van der Waals surface area contributed by atoms with Gasteiger partial charge in [0, 0.05) is 0 Å². The largest absolute Gasteiger partial charge is 0.508 e. The Morgan fingerprint density at radius 2 is 1.68 bits per heavy atom. The summed E-state index contributed by atoms with van der Waals surface area (Å²) >= 11 is 0. The molecule has 1 fully saturated rings. The van der Waals surface area contributed by atoms with E-state index in [-0.39, 0.29) is 31.7 Å². The molecule has 6 nitrogen and oxygen atoms in total. The number of ether oxygens (including phenoxy) is 3. The molecule has 0 aromatic carbocycles. The Morgan fingerprint density at radius 1 is 1.05 bits per heavy atom. The van der Waals surface area contributed by atoms with E-state index in [9.17, 15) is 9.59 Å². The smallest absolute Gasteiger partial charge is 0.462 e. The van der Waals surface area contributed by atoms with Crippen molar-refractivity contribution in [1.29, 1.82) is 0 Å². The first-order valence-corrected chi connectivity index (χ1v) is 6.83. The van der Waals surface area contributed by atoms with E-state index in [1.54, 1.807) is 6.92 Å². The normalized spacial score (nSPS) is 22.6. The number of nitrogens with two attached hydrogens (primary N) is 1. The Labute approximate surface area is 113 Å². The Bertz CT molecular complexity index is 287. The maximum Gasteiger partial charge on any atom is 0.508 e. The van der Waals surface area contributed by atoms with Crippen molar-refractivity contribution in [3.05, 3.63) is 0 Å². The van der Waals surface area contributed by atoms with E-state index >= 15 is 0 Å². The predicted octanol–water partition coefficient (Wildman–Crippen LogP) is 1.47. The molecule has 0 aromatic heterocycles. The lowest BCUT2D eigenvalue weighted by Crippen LogP contribution is -2.27. The van der Waals surface area contributed by atoms with Gasteiger partial charge in [0.05, 0.1) is 12.5 Å². The van der Waals surface area contributed by atoms with Gasteiger partial charge in [0.2, 0.25) is 0 Å². The molecule has 0 radical (unpaired) electrons. The van der Waals surface area contributed by atoms with Crippen molar-refractivity contribution >= 4 is 12.1 Å². The third kappa shape index (κ3) is 5.92. The van der Waals surface area contributed by atoms with Crippen LogP contribution in [0.5, 0.6) is 0 Å². The molecule has 6 heteroatoms. The third-order valence-electron chi connectivity index (χ3n) is 3.32. The van der Waals surface area contributed by atoms with Crippen LogP contribution in [0, 0.1) is 11.8 Å². The monoisotopic (exact) mass is 273 g/mol. The highest BCUT2D eigenvalue weighted by Gasteiger charge is 2.26. The van der Waals surface area contributed by atoms with Gasteiger partial charge in [0.25, 0.3) is 0 Å². The van der Waals surface area contributed by atoms with Crippen LogP contribution >= 0.6 is 0 Å². The number of rotatable bonds is 6. The van der Waals surface area contributed by atoms with Gasteiger partial charge in [0.15, 0.2) is 0 Å². The number of carbonyl (C=O) groups is 2. The lowest BCUT2D eigenvalue weighted by molar-refractivity contribution is -0.151. The molecule has 0 spiro atoms. The van der Waals surface area contributed by atoms with Crippen molar-refractivity contribution in [3.8, 4) is 0 Å². The third-order valence-corrected chi connectivity index (χ3v) is 3.32. The number of hydrogen-bond acceptors (Lipinski definition) is 6. The van der Waals surface area contributed by atoms with Crippen LogP contribution in [-0.2, 0) is 19.0 Å². The topological polar surface area (TPSA) is 87.9 Å². The maximum atomic E-state index is 11.7.